The first-order chi connectivity index (χ1) is 11.0. The average Bonchev–Trinajstić information content (AvgIpc) is 2.49. The molecule has 1 unspecified atom stereocenters. The second-order valence-corrected chi connectivity index (χ2v) is 6.62. The van der Waals surface area contributed by atoms with Gasteiger partial charge in [-0.2, -0.15) is 0 Å². The van der Waals surface area contributed by atoms with Crippen molar-refractivity contribution >= 4 is 5.70 Å². The van der Waals surface area contributed by atoms with Crippen LogP contribution in [0, 0.1) is 20.8 Å². The molecular formula is C21H26N2. The van der Waals surface area contributed by atoms with Crippen molar-refractivity contribution in [3.63, 3.8) is 0 Å². The van der Waals surface area contributed by atoms with Gasteiger partial charge in [-0.15, -0.1) is 0 Å². The van der Waals surface area contributed by atoms with Crippen LogP contribution in [0.5, 0.6) is 0 Å². The molecule has 0 bridgehead atoms. The number of fused-ring (bicyclic) bond motifs is 1. The van der Waals surface area contributed by atoms with Gasteiger partial charge < -0.3 is 10.6 Å². The fourth-order valence-corrected chi connectivity index (χ4v) is 3.90. The van der Waals surface area contributed by atoms with Gasteiger partial charge >= 0.3 is 0 Å². The SMILES string of the molecule is CCCN1C=C(N)c2ccccc2C1c1c(C)cc(C)cc1C. The minimum absolute atomic E-state index is 0.249. The van der Waals surface area contributed by atoms with Crippen molar-refractivity contribution < 1.29 is 0 Å². The van der Waals surface area contributed by atoms with Gasteiger partial charge in [0.2, 0.25) is 0 Å². The van der Waals surface area contributed by atoms with Gasteiger partial charge in [0.1, 0.15) is 0 Å². The predicted molar refractivity (Wildman–Crippen MR) is 98.1 cm³/mol. The molecule has 0 radical (unpaired) electrons. The second kappa shape index (κ2) is 6.11. The highest BCUT2D eigenvalue weighted by molar-refractivity contribution is 5.69. The Morgan fingerprint density at radius 1 is 1.04 bits per heavy atom. The molecule has 0 aliphatic carbocycles. The maximum absolute atomic E-state index is 6.33. The van der Waals surface area contributed by atoms with E-state index >= 15 is 0 Å². The summed E-state index contributed by atoms with van der Waals surface area (Å²) in [6, 6.07) is 13.4. The van der Waals surface area contributed by atoms with Gasteiger partial charge in [-0.05, 0) is 49.4 Å². The summed E-state index contributed by atoms with van der Waals surface area (Å²) in [4.78, 5) is 2.41. The smallest absolute Gasteiger partial charge is 0.0802 e. The van der Waals surface area contributed by atoms with Crippen molar-refractivity contribution in [3.8, 4) is 0 Å². The molecule has 120 valence electrons. The van der Waals surface area contributed by atoms with Crippen LogP contribution in [0.1, 0.15) is 52.8 Å². The van der Waals surface area contributed by atoms with Crippen LogP contribution in [0.2, 0.25) is 0 Å². The molecule has 0 saturated carbocycles. The molecule has 2 heteroatoms. The maximum Gasteiger partial charge on any atom is 0.0802 e. The van der Waals surface area contributed by atoms with Crippen molar-refractivity contribution in [1.82, 2.24) is 4.90 Å². The van der Waals surface area contributed by atoms with E-state index in [1.165, 1.54) is 33.4 Å². The molecule has 2 nitrogen and oxygen atoms in total. The summed E-state index contributed by atoms with van der Waals surface area (Å²) in [5.41, 5.74) is 15.1. The lowest BCUT2D eigenvalue weighted by Crippen LogP contribution is -2.32. The summed E-state index contributed by atoms with van der Waals surface area (Å²) in [6.07, 6.45) is 3.24. The van der Waals surface area contributed by atoms with Crippen LogP contribution < -0.4 is 5.73 Å². The van der Waals surface area contributed by atoms with Gasteiger partial charge in [0, 0.05) is 18.3 Å². The largest absolute Gasteiger partial charge is 0.397 e. The lowest BCUT2D eigenvalue weighted by molar-refractivity contribution is 0.311. The Morgan fingerprint density at radius 3 is 2.35 bits per heavy atom. The van der Waals surface area contributed by atoms with E-state index in [-0.39, 0.29) is 6.04 Å². The highest BCUT2D eigenvalue weighted by atomic mass is 15.2. The Morgan fingerprint density at radius 2 is 1.70 bits per heavy atom. The third kappa shape index (κ3) is 2.74. The molecule has 2 aromatic carbocycles. The van der Waals surface area contributed by atoms with E-state index in [9.17, 15) is 0 Å². The third-order valence-corrected chi connectivity index (χ3v) is 4.70. The van der Waals surface area contributed by atoms with Gasteiger partial charge in [-0.3, -0.25) is 0 Å². The van der Waals surface area contributed by atoms with Crippen molar-refractivity contribution in [2.24, 2.45) is 5.73 Å². The molecule has 1 heterocycles. The van der Waals surface area contributed by atoms with Crippen molar-refractivity contribution in [3.05, 3.63) is 76.0 Å². The van der Waals surface area contributed by atoms with E-state index in [4.69, 9.17) is 5.73 Å². The number of aryl methyl sites for hydroxylation is 3. The van der Waals surface area contributed by atoms with E-state index in [1.54, 1.807) is 0 Å². The summed E-state index contributed by atoms with van der Waals surface area (Å²) in [5.74, 6) is 0. The number of nitrogens with zero attached hydrogens (tertiary/aromatic N) is 1. The van der Waals surface area contributed by atoms with E-state index < -0.39 is 0 Å². The fourth-order valence-electron chi connectivity index (χ4n) is 3.90. The van der Waals surface area contributed by atoms with Crippen LogP contribution in [-0.2, 0) is 0 Å². The van der Waals surface area contributed by atoms with Gasteiger partial charge in [0.15, 0.2) is 0 Å². The molecule has 0 amide bonds. The standard InChI is InChI=1S/C21H26N2/c1-5-10-23-13-19(22)17-8-6-7-9-18(17)21(23)20-15(3)11-14(2)12-16(20)4/h6-9,11-13,21H,5,10,22H2,1-4H3. The van der Waals surface area contributed by atoms with Gasteiger partial charge in [0.25, 0.3) is 0 Å². The van der Waals surface area contributed by atoms with Crippen LogP contribution in [0.25, 0.3) is 5.70 Å². The monoisotopic (exact) mass is 306 g/mol. The number of hydrogen-bond acceptors (Lipinski definition) is 2. The third-order valence-electron chi connectivity index (χ3n) is 4.70. The zero-order valence-corrected chi connectivity index (χ0v) is 14.6. The number of rotatable bonds is 3. The molecule has 1 aliphatic heterocycles. The maximum atomic E-state index is 6.33. The Kier molecular flexibility index (Phi) is 4.16. The minimum Gasteiger partial charge on any atom is -0.397 e. The van der Waals surface area contributed by atoms with Gasteiger partial charge in [0.05, 0.1) is 11.7 Å². The molecule has 2 aromatic rings. The zero-order chi connectivity index (χ0) is 16.6. The summed E-state index contributed by atoms with van der Waals surface area (Å²) < 4.78 is 0. The zero-order valence-electron chi connectivity index (χ0n) is 14.6. The molecule has 0 fully saturated rings. The Hall–Kier alpha value is -2.22. The van der Waals surface area contributed by atoms with Crippen LogP contribution >= 0.6 is 0 Å². The summed E-state index contributed by atoms with van der Waals surface area (Å²) in [7, 11) is 0. The first kappa shape index (κ1) is 15.7. The highest BCUT2D eigenvalue weighted by Crippen LogP contribution is 2.40. The minimum atomic E-state index is 0.249. The molecule has 3 rings (SSSR count). The Labute approximate surface area is 139 Å². The molecule has 1 atom stereocenters. The molecule has 23 heavy (non-hydrogen) atoms. The van der Waals surface area contributed by atoms with E-state index in [0.717, 1.165) is 18.7 Å². The second-order valence-electron chi connectivity index (χ2n) is 6.62. The topological polar surface area (TPSA) is 29.3 Å². The van der Waals surface area contributed by atoms with Crippen LogP contribution in [0.15, 0.2) is 42.6 Å². The molecule has 1 aliphatic rings. The predicted octanol–water partition coefficient (Wildman–Crippen LogP) is 4.68. The Bertz CT molecular complexity index is 735. The molecular weight excluding hydrogens is 280 g/mol. The van der Waals surface area contributed by atoms with Gasteiger partial charge in [-0.25, -0.2) is 0 Å². The molecule has 0 spiro atoms. The number of nitrogens with two attached hydrogens (primary N) is 1. The first-order valence-electron chi connectivity index (χ1n) is 8.43. The molecule has 0 aromatic heterocycles. The van der Waals surface area contributed by atoms with Crippen molar-refractivity contribution in [2.45, 2.75) is 40.2 Å². The summed E-state index contributed by atoms with van der Waals surface area (Å²) in [6.45, 7) is 9.84. The quantitative estimate of drug-likeness (QED) is 0.892. The van der Waals surface area contributed by atoms with Crippen molar-refractivity contribution in [1.29, 1.82) is 0 Å². The van der Waals surface area contributed by atoms with Crippen LogP contribution in [0.3, 0.4) is 0 Å². The molecule has 0 saturated heterocycles. The van der Waals surface area contributed by atoms with Crippen LogP contribution in [0.4, 0.5) is 0 Å². The van der Waals surface area contributed by atoms with Crippen LogP contribution in [-0.4, -0.2) is 11.4 Å². The lowest BCUT2D eigenvalue weighted by Gasteiger charge is -2.38. The van der Waals surface area contributed by atoms with E-state index in [2.05, 4.69) is 75.2 Å². The number of hydrogen-bond donors (Lipinski definition) is 1. The molecule has 2 N–H and O–H groups in total. The van der Waals surface area contributed by atoms with Gasteiger partial charge in [-0.1, -0.05) is 48.9 Å². The van der Waals surface area contributed by atoms with E-state index in [1.807, 2.05) is 0 Å². The first-order valence-corrected chi connectivity index (χ1v) is 8.43. The lowest BCUT2D eigenvalue weighted by atomic mass is 9.84. The Balaban J connectivity index is 2.23. The average molecular weight is 306 g/mol. The normalized spacial score (nSPS) is 17.0. The summed E-state index contributed by atoms with van der Waals surface area (Å²) in [5, 5.41) is 0. The number of benzene rings is 2. The fraction of sp³-hybridized carbons (Fsp3) is 0.333. The van der Waals surface area contributed by atoms with Crippen molar-refractivity contribution in [2.75, 3.05) is 6.54 Å². The van der Waals surface area contributed by atoms with E-state index in [0.29, 0.717) is 0 Å². The highest BCUT2D eigenvalue weighted by Gasteiger charge is 2.29. The summed E-state index contributed by atoms with van der Waals surface area (Å²) >= 11 is 0.